The van der Waals surface area contributed by atoms with Crippen molar-refractivity contribution in [1.29, 1.82) is 0 Å². The van der Waals surface area contributed by atoms with Crippen LogP contribution >= 0.6 is 0 Å². The number of rotatable bonds is 7. The summed E-state index contributed by atoms with van der Waals surface area (Å²) in [6, 6.07) is 9.74. The van der Waals surface area contributed by atoms with E-state index in [2.05, 4.69) is 5.32 Å². The minimum atomic E-state index is -0.838. The minimum Gasteiger partial charge on any atom is -0.481 e. The van der Waals surface area contributed by atoms with E-state index in [0.717, 1.165) is 5.56 Å². The number of hydrogen-bond acceptors (Lipinski definition) is 2. The highest BCUT2D eigenvalue weighted by molar-refractivity contribution is 5.82. The lowest BCUT2D eigenvalue weighted by Gasteiger charge is -2.26. The Morgan fingerprint density at radius 3 is 2.40 bits per heavy atom. The van der Waals surface area contributed by atoms with E-state index in [-0.39, 0.29) is 18.4 Å². The van der Waals surface area contributed by atoms with Crippen LogP contribution in [0.25, 0.3) is 0 Å². The molecule has 0 saturated carbocycles. The zero-order chi connectivity index (χ0) is 15.2. The second-order valence-corrected chi connectivity index (χ2v) is 5.85. The van der Waals surface area contributed by atoms with Gasteiger partial charge in [0, 0.05) is 17.9 Å². The van der Waals surface area contributed by atoms with Crippen molar-refractivity contribution in [2.24, 2.45) is 5.41 Å². The number of benzene rings is 1. The molecule has 0 heterocycles. The zero-order valence-electron chi connectivity index (χ0n) is 12.3. The SMILES string of the molecule is CC(CCC(=O)O)NC(=O)C(C)(C)Cc1ccccc1. The molecule has 0 spiro atoms. The third-order valence-electron chi connectivity index (χ3n) is 3.27. The highest BCUT2D eigenvalue weighted by Gasteiger charge is 2.28. The highest BCUT2D eigenvalue weighted by Crippen LogP contribution is 2.22. The Kier molecular flexibility index (Phi) is 5.74. The Morgan fingerprint density at radius 1 is 1.25 bits per heavy atom. The summed E-state index contributed by atoms with van der Waals surface area (Å²) in [5.74, 6) is -0.881. The standard InChI is InChI=1S/C16H23NO3/c1-12(9-10-14(18)19)17-15(20)16(2,3)11-13-7-5-4-6-8-13/h4-8,12H,9-11H2,1-3H3,(H,17,20)(H,18,19). The van der Waals surface area contributed by atoms with Crippen LogP contribution in [0.15, 0.2) is 30.3 Å². The molecule has 1 aromatic rings. The monoisotopic (exact) mass is 277 g/mol. The molecule has 0 aliphatic rings. The Balaban J connectivity index is 2.54. The van der Waals surface area contributed by atoms with Crippen molar-refractivity contribution in [3.63, 3.8) is 0 Å². The van der Waals surface area contributed by atoms with Crippen molar-refractivity contribution in [2.45, 2.75) is 46.1 Å². The maximum atomic E-state index is 12.3. The second kappa shape index (κ2) is 7.08. The Labute approximate surface area is 120 Å². The van der Waals surface area contributed by atoms with Crippen molar-refractivity contribution in [3.8, 4) is 0 Å². The normalized spacial score (nSPS) is 12.8. The maximum Gasteiger partial charge on any atom is 0.303 e. The largest absolute Gasteiger partial charge is 0.481 e. The van der Waals surface area contributed by atoms with Gasteiger partial charge in [-0.05, 0) is 25.3 Å². The topological polar surface area (TPSA) is 66.4 Å². The van der Waals surface area contributed by atoms with E-state index in [0.29, 0.717) is 12.8 Å². The van der Waals surface area contributed by atoms with Crippen LogP contribution in [-0.4, -0.2) is 23.0 Å². The van der Waals surface area contributed by atoms with Gasteiger partial charge in [0.2, 0.25) is 5.91 Å². The summed E-state index contributed by atoms with van der Waals surface area (Å²) in [6.07, 6.45) is 1.17. The molecule has 20 heavy (non-hydrogen) atoms. The van der Waals surface area contributed by atoms with Crippen molar-refractivity contribution >= 4 is 11.9 Å². The fourth-order valence-electron chi connectivity index (χ4n) is 2.02. The molecule has 110 valence electrons. The molecule has 1 amide bonds. The third kappa shape index (κ3) is 5.43. The molecule has 0 aliphatic heterocycles. The van der Waals surface area contributed by atoms with Gasteiger partial charge in [-0.2, -0.15) is 0 Å². The van der Waals surface area contributed by atoms with E-state index in [1.54, 1.807) is 0 Å². The molecule has 1 atom stereocenters. The number of nitrogens with one attached hydrogen (secondary N) is 1. The zero-order valence-corrected chi connectivity index (χ0v) is 12.3. The molecule has 1 aromatic carbocycles. The van der Waals surface area contributed by atoms with Crippen LogP contribution in [0.3, 0.4) is 0 Å². The predicted octanol–water partition coefficient (Wildman–Crippen LogP) is 2.62. The van der Waals surface area contributed by atoms with Gasteiger partial charge in [-0.3, -0.25) is 9.59 Å². The summed E-state index contributed by atoms with van der Waals surface area (Å²) in [6.45, 7) is 5.64. The first-order chi connectivity index (χ1) is 9.31. The Hall–Kier alpha value is -1.84. The molecule has 4 nitrogen and oxygen atoms in total. The molecule has 1 unspecified atom stereocenters. The van der Waals surface area contributed by atoms with Gasteiger partial charge in [-0.1, -0.05) is 44.2 Å². The fourth-order valence-corrected chi connectivity index (χ4v) is 2.02. The van der Waals surface area contributed by atoms with E-state index in [4.69, 9.17) is 5.11 Å². The predicted molar refractivity (Wildman–Crippen MR) is 78.4 cm³/mol. The molecule has 1 rings (SSSR count). The Morgan fingerprint density at radius 2 is 1.85 bits per heavy atom. The average molecular weight is 277 g/mol. The smallest absolute Gasteiger partial charge is 0.303 e. The third-order valence-corrected chi connectivity index (χ3v) is 3.27. The first-order valence-electron chi connectivity index (χ1n) is 6.88. The molecular weight excluding hydrogens is 254 g/mol. The van der Waals surface area contributed by atoms with Crippen LogP contribution in [0.5, 0.6) is 0 Å². The summed E-state index contributed by atoms with van der Waals surface area (Å²) >= 11 is 0. The van der Waals surface area contributed by atoms with Gasteiger partial charge in [0.1, 0.15) is 0 Å². The summed E-state index contributed by atoms with van der Waals surface area (Å²) in [7, 11) is 0. The van der Waals surface area contributed by atoms with Gasteiger partial charge >= 0.3 is 5.97 Å². The maximum absolute atomic E-state index is 12.3. The minimum absolute atomic E-state index is 0.0424. The van der Waals surface area contributed by atoms with E-state index in [9.17, 15) is 9.59 Å². The lowest BCUT2D eigenvalue weighted by atomic mass is 9.84. The van der Waals surface area contributed by atoms with Gasteiger partial charge in [-0.25, -0.2) is 0 Å². The number of aliphatic carboxylic acids is 1. The lowest BCUT2D eigenvalue weighted by Crippen LogP contribution is -2.43. The van der Waals surface area contributed by atoms with Gasteiger partial charge in [0.05, 0.1) is 0 Å². The number of amides is 1. The van der Waals surface area contributed by atoms with E-state index in [1.165, 1.54) is 0 Å². The van der Waals surface area contributed by atoms with Crippen LogP contribution in [0.4, 0.5) is 0 Å². The molecule has 0 saturated heterocycles. The molecule has 4 heteroatoms. The molecule has 0 aliphatic carbocycles. The van der Waals surface area contributed by atoms with Gasteiger partial charge in [-0.15, -0.1) is 0 Å². The molecule has 0 bridgehead atoms. The molecule has 0 fully saturated rings. The molecule has 0 aromatic heterocycles. The lowest BCUT2D eigenvalue weighted by molar-refractivity contribution is -0.137. The number of hydrogen-bond donors (Lipinski definition) is 2. The highest BCUT2D eigenvalue weighted by atomic mass is 16.4. The van der Waals surface area contributed by atoms with Gasteiger partial charge < -0.3 is 10.4 Å². The number of carboxylic acid groups (broad SMARTS) is 1. The number of carbonyl (C=O) groups is 2. The van der Waals surface area contributed by atoms with E-state index >= 15 is 0 Å². The van der Waals surface area contributed by atoms with Gasteiger partial charge in [0.25, 0.3) is 0 Å². The van der Waals surface area contributed by atoms with Crippen LogP contribution < -0.4 is 5.32 Å². The number of carbonyl (C=O) groups excluding carboxylic acids is 1. The van der Waals surface area contributed by atoms with Crippen LogP contribution in [-0.2, 0) is 16.0 Å². The Bertz CT molecular complexity index is 454. The molecule has 2 N–H and O–H groups in total. The second-order valence-electron chi connectivity index (χ2n) is 5.85. The van der Waals surface area contributed by atoms with E-state index < -0.39 is 11.4 Å². The summed E-state index contributed by atoms with van der Waals surface area (Å²) < 4.78 is 0. The quantitative estimate of drug-likeness (QED) is 0.805. The summed E-state index contributed by atoms with van der Waals surface area (Å²) in [4.78, 5) is 22.8. The summed E-state index contributed by atoms with van der Waals surface area (Å²) in [5, 5.41) is 11.5. The van der Waals surface area contributed by atoms with Crippen molar-refractivity contribution < 1.29 is 14.7 Å². The van der Waals surface area contributed by atoms with Crippen molar-refractivity contribution in [2.75, 3.05) is 0 Å². The van der Waals surface area contributed by atoms with Crippen LogP contribution in [0.1, 0.15) is 39.2 Å². The van der Waals surface area contributed by atoms with Crippen LogP contribution in [0.2, 0.25) is 0 Å². The molecular formula is C16H23NO3. The van der Waals surface area contributed by atoms with Crippen LogP contribution in [0, 0.1) is 5.41 Å². The number of carboxylic acids is 1. The average Bonchev–Trinajstić information content (AvgIpc) is 2.37. The van der Waals surface area contributed by atoms with E-state index in [1.807, 2.05) is 51.1 Å². The first-order valence-corrected chi connectivity index (χ1v) is 6.88. The molecule has 0 radical (unpaired) electrons. The van der Waals surface area contributed by atoms with Gasteiger partial charge in [0.15, 0.2) is 0 Å². The van der Waals surface area contributed by atoms with Crippen molar-refractivity contribution in [3.05, 3.63) is 35.9 Å². The first kappa shape index (κ1) is 16.2. The summed E-state index contributed by atoms with van der Waals surface area (Å²) in [5.41, 5.74) is 0.601. The fraction of sp³-hybridized carbons (Fsp3) is 0.500. The van der Waals surface area contributed by atoms with Crippen molar-refractivity contribution in [1.82, 2.24) is 5.32 Å².